The minimum absolute atomic E-state index is 0.0394. The molecule has 0 bridgehead atoms. The molecule has 0 saturated carbocycles. The van der Waals surface area contributed by atoms with Crippen molar-refractivity contribution in [3.05, 3.63) is 56.9 Å². The van der Waals surface area contributed by atoms with Crippen molar-refractivity contribution in [3.8, 4) is 0 Å². The second kappa shape index (κ2) is 5.14. The Balaban J connectivity index is 2.47. The molecule has 0 aliphatic carbocycles. The number of carboxylic acid groups (broad SMARTS) is 1. The van der Waals surface area contributed by atoms with Gasteiger partial charge in [0, 0.05) is 15.1 Å². The predicted molar refractivity (Wildman–Crippen MR) is 68.9 cm³/mol. The van der Waals surface area contributed by atoms with Crippen molar-refractivity contribution < 1.29 is 19.4 Å². The van der Waals surface area contributed by atoms with E-state index in [1.807, 2.05) is 0 Å². The molecule has 0 aliphatic heterocycles. The van der Waals surface area contributed by atoms with Crippen LogP contribution in [0.1, 0.15) is 27.8 Å². The van der Waals surface area contributed by atoms with E-state index in [1.165, 1.54) is 12.3 Å². The number of hydrogen-bond donors (Lipinski definition) is 2. The lowest BCUT2D eigenvalue weighted by molar-refractivity contribution is 0.0687. The van der Waals surface area contributed by atoms with Gasteiger partial charge in [0.15, 0.2) is 5.76 Å². The summed E-state index contributed by atoms with van der Waals surface area (Å²) in [7, 11) is 0. The van der Waals surface area contributed by atoms with Gasteiger partial charge < -0.3 is 14.6 Å². The summed E-state index contributed by atoms with van der Waals surface area (Å²) in [5.74, 6) is -1.20. The number of aliphatic hydroxyl groups excluding tert-OH is 1. The van der Waals surface area contributed by atoms with Crippen LogP contribution in [0.5, 0.6) is 0 Å². The van der Waals surface area contributed by atoms with Gasteiger partial charge in [0.2, 0.25) is 0 Å². The fourth-order valence-corrected chi connectivity index (χ4v) is 2.17. The Labute approximate surface area is 116 Å². The number of rotatable bonds is 3. The molecular formula is C12H8BrClO4. The molecular weight excluding hydrogens is 323 g/mol. The highest BCUT2D eigenvalue weighted by Crippen LogP contribution is 2.32. The average Bonchev–Trinajstić information content (AvgIpc) is 2.80. The maximum Gasteiger partial charge on any atom is 0.339 e. The van der Waals surface area contributed by atoms with Gasteiger partial charge >= 0.3 is 5.97 Å². The van der Waals surface area contributed by atoms with Crippen LogP contribution in [0.2, 0.25) is 5.02 Å². The minimum Gasteiger partial charge on any atom is -0.478 e. The monoisotopic (exact) mass is 330 g/mol. The van der Waals surface area contributed by atoms with Crippen LogP contribution < -0.4 is 0 Å². The van der Waals surface area contributed by atoms with Crippen molar-refractivity contribution in [2.45, 2.75) is 6.10 Å². The van der Waals surface area contributed by atoms with Crippen LogP contribution in [0, 0.1) is 0 Å². The third-order valence-corrected chi connectivity index (χ3v) is 3.26. The molecule has 0 aliphatic rings. The smallest absolute Gasteiger partial charge is 0.339 e. The summed E-state index contributed by atoms with van der Waals surface area (Å²) in [5.41, 5.74) is 0.294. The summed E-state index contributed by atoms with van der Waals surface area (Å²) in [6.07, 6.45) is -0.00967. The summed E-state index contributed by atoms with van der Waals surface area (Å²) in [4.78, 5) is 11.0. The van der Waals surface area contributed by atoms with E-state index in [0.717, 1.165) is 4.47 Å². The third-order valence-electron chi connectivity index (χ3n) is 2.43. The lowest BCUT2D eigenvalue weighted by Gasteiger charge is -2.11. The average molecular weight is 332 g/mol. The van der Waals surface area contributed by atoms with E-state index >= 15 is 0 Å². The lowest BCUT2D eigenvalue weighted by Crippen LogP contribution is -2.06. The molecule has 2 rings (SSSR count). The molecule has 1 aromatic heterocycles. The molecule has 0 saturated heterocycles. The molecule has 2 aromatic rings. The van der Waals surface area contributed by atoms with Gasteiger partial charge in [-0.2, -0.15) is 0 Å². The first-order chi connectivity index (χ1) is 8.50. The Hall–Kier alpha value is -1.30. The number of hydrogen-bond acceptors (Lipinski definition) is 3. The van der Waals surface area contributed by atoms with E-state index in [0.29, 0.717) is 10.6 Å². The molecule has 0 amide bonds. The van der Waals surface area contributed by atoms with E-state index in [2.05, 4.69) is 15.9 Å². The predicted octanol–water partition coefficient (Wildman–Crippen LogP) is 3.48. The topological polar surface area (TPSA) is 70.7 Å². The second-order valence-electron chi connectivity index (χ2n) is 3.57. The highest BCUT2D eigenvalue weighted by Gasteiger charge is 2.24. The first kappa shape index (κ1) is 13.1. The Morgan fingerprint density at radius 2 is 2.11 bits per heavy atom. The van der Waals surface area contributed by atoms with E-state index < -0.39 is 12.1 Å². The van der Waals surface area contributed by atoms with Gasteiger partial charge in [0.25, 0.3) is 0 Å². The van der Waals surface area contributed by atoms with Gasteiger partial charge in [0.05, 0.1) is 6.26 Å². The van der Waals surface area contributed by atoms with Crippen molar-refractivity contribution in [3.63, 3.8) is 0 Å². The van der Waals surface area contributed by atoms with Crippen LogP contribution in [0.3, 0.4) is 0 Å². The molecule has 4 nitrogen and oxygen atoms in total. The fourth-order valence-electron chi connectivity index (χ4n) is 1.57. The third kappa shape index (κ3) is 2.43. The zero-order chi connectivity index (χ0) is 13.3. The molecule has 6 heteroatoms. The fraction of sp³-hybridized carbons (Fsp3) is 0.0833. The van der Waals surface area contributed by atoms with E-state index in [-0.39, 0.29) is 11.3 Å². The van der Waals surface area contributed by atoms with Gasteiger partial charge in [-0.25, -0.2) is 4.79 Å². The van der Waals surface area contributed by atoms with E-state index in [9.17, 15) is 9.90 Å². The Kier molecular flexibility index (Phi) is 3.75. The molecule has 1 unspecified atom stereocenters. The van der Waals surface area contributed by atoms with Crippen LogP contribution in [0.25, 0.3) is 0 Å². The van der Waals surface area contributed by atoms with Gasteiger partial charge in [-0.3, -0.25) is 0 Å². The molecule has 0 fully saturated rings. The number of benzene rings is 1. The highest BCUT2D eigenvalue weighted by atomic mass is 79.9. The van der Waals surface area contributed by atoms with Gasteiger partial charge in [-0.05, 0) is 24.3 Å². The molecule has 18 heavy (non-hydrogen) atoms. The maximum atomic E-state index is 11.0. The molecule has 1 heterocycles. The molecule has 1 atom stereocenters. The molecule has 0 spiro atoms. The van der Waals surface area contributed by atoms with Gasteiger partial charge in [0.1, 0.15) is 11.7 Å². The number of carbonyl (C=O) groups is 1. The second-order valence-corrected chi connectivity index (χ2v) is 4.89. The molecule has 0 radical (unpaired) electrons. The van der Waals surface area contributed by atoms with Crippen LogP contribution in [0.4, 0.5) is 0 Å². The largest absolute Gasteiger partial charge is 0.478 e. The van der Waals surface area contributed by atoms with Gasteiger partial charge in [-0.15, -0.1) is 0 Å². The maximum absolute atomic E-state index is 11.0. The Morgan fingerprint density at radius 1 is 1.39 bits per heavy atom. The zero-order valence-electron chi connectivity index (χ0n) is 8.93. The SMILES string of the molecule is O=C(O)c1ccoc1C(O)c1cc(Br)ccc1Cl. The van der Waals surface area contributed by atoms with Crippen molar-refractivity contribution >= 4 is 33.5 Å². The minimum atomic E-state index is -1.23. The molecule has 2 N–H and O–H groups in total. The Morgan fingerprint density at radius 3 is 2.78 bits per heavy atom. The van der Waals surface area contributed by atoms with Crippen molar-refractivity contribution in [2.24, 2.45) is 0 Å². The number of halogens is 2. The van der Waals surface area contributed by atoms with Gasteiger partial charge in [-0.1, -0.05) is 27.5 Å². The standard InChI is InChI=1S/C12H8BrClO4/c13-6-1-2-9(14)8(5-6)10(15)11-7(12(16)17)3-4-18-11/h1-5,10,15H,(H,16,17). The van der Waals surface area contributed by atoms with Crippen molar-refractivity contribution in [1.29, 1.82) is 0 Å². The summed E-state index contributed by atoms with van der Waals surface area (Å²) >= 11 is 9.23. The van der Waals surface area contributed by atoms with Crippen molar-refractivity contribution in [2.75, 3.05) is 0 Å². The number of furan rings is 1. The van der Waals surface area contributed by atoms with Crippen LogP contribution in [-0.4, -0.2) is 16.2 Å². The summed E-state index contributed by atoms with van der Waals surface area (Å²) in [5, 5.41) is 19.4. The highest BCUT2D eigenvalue weighted by molar-refractivity contribution is 9.10. The first-order valence-corrected chi connectivity index (χ1v) is 6.11. The number of aliphatic hydroxyl groups is 1. The van der Waals surface area contributed by atoms with Crippen LogP contribution >= 0.6 is 27.5 Å². The lowest BCUT2D eigenvalue weighted by atomic mass is 10.0. The number of carboxylic acids is 1. The quantitative estimate of drug-likeness (QED) is 0.903. The summed E-state index contributed by atoms with van der Waals surface area (Å²) in [6, 6.07) is 6.22. The van der Waals surface area contributed by atoms with Crippen molar-refractivity contribution in [1.82, 2.24) is 0 Å². The summed E-state index contributed by atoms with van der Waals surface area (Å²) < 4.78 is 5.76. The number of aromatic carboxylic acids is 1. The first-order valence-electron chi connectivity index (χ1n) is 4.94. The Bertz CT molecular complexity index is 594. The van der Waals surface area contributed by atoms with Crippen LogP contribution in [0.15, 0.2) is 39.4 Å². The summed E-state index contributed by atoms with van der Waals surface area (Å²) in [6.45, 7) is 0. The van der Waals surface area contributed by atoms with E-state index in [1.54, 1.807) is 18.2 Å². The zero-order valence-corrected chi connectivity index (χ0v) is 11.3. The molecule has 1 aromatic carbocycles. The molecule has 94 valence electrons. The van der Waals surface area contributed by atoms with E-state index in [4.69, 9.17) is 21.1 Å². The normalized spacial score (nSPS) is 12.4. The van der Waals surface area contributed by atoms with Crippen LogP contribution in [-0.2, 0) is 0 Å².